The van der Waals surface area contributed by atoms with Gasteiger partial charge < -0.3 is 9.84 Å². The first-order valence-electron chi connectivity index (χ1n) is 7.29. The maximum atomic E-state index is 13.2. The number of nitrogens with zero attached hydrogens (tertiary/aromatic N) is 1. The second kappa shape index (κ2) is 6.38. The van der Waals surface area contributed by atoms with Crippen LogP contribution in [0.4, 0.5) is 8.78 Å². The van der Waals surface area contributed by atoms with Crippen LogP contribution in [0.15, 0.2) is 18.2 Å². The number of halogens is 2. The molecule has 0 aliphatic carbocycles. The van der Waals surface area contributed by atoms with Gasteiger partial charge in [-0.3, -0.25) is 4.90 Å². The van der Waals surface area contributed by atoms with Gasteiger partial charge >= 0.3 is 0 Å². The molecule has 1 fully saturated rings. The van der Waals surface area contributed by atoms with E-state index in [0.717, 1.165) is 19.2 Å². The maximum Gasteiger partial charge on any atom is 0.126 e. The second-order valence-corrected chi connectivity index (χ2v) is 6.43. The fraction of sp³-hybridized carbons (Fsp3) is 0.625. The van der Waals surface area contributed by atoms with E-state index in [9.17, 15) is 13.9 Å². The molecule has 5 heteroatoms. The van der Waals surface area contributed by atoms with Crippen LogP contribution in [0.2, 0.25) is 0 Å². The average Bonchev–Trinajstić information content (AvgIpc) is 2.32. The third kappa shape index (κ3) is 4.73. The van der Waals surface area contributed by atoms with Crippen molar-refractivity contribution in [3.8, 4) is 0 Å². The summed E-state index contributed by atoms with van der Waals surface area (Å²) in [6, 6.07) is 3.17. The van der Waals surface area contributed by atoms with E-state index in [0.29, 0.717) is 13.0 Å². The highest BCUT2D eigenvalue weighted by Gasteiger charge is 2.31. The minimum Gasteiger partial charge on any atom is -0.388 e. The predicted molar refractivity (Wildman–Crippen MR) is 77.0 cm³/mol. The Morgan fingerprint density at radius 1 is 1.33 bits per heavy atom. The van der Waals surface area contributed by atoms with Gasteiger partial charge in [-0.2, -0.15) is 0 Å². The van der Waals surface area contributed by atoms with Gasteiger partial charge in [-0.25, -0.2) is 8.78 Å². The van der Waals surface area contributed by atoms with Crippen molar-refractivity contribution in [3.05, 3.63) is 35.4 Å². The molecule has 0 spiro atoms. The molecule has 1 aliphatic heterocycles. The molecule has 0 amide bonds. The number of morpholine rings is 1. The third-order valence-corrected chi connectivity index (χ3v) is 3.63. The topological polar surface area (TPSA) is 32.7 Å². The highest BCUT2D eigenvalue weighted by molar-refractivity contribution is 5.20. The molecule has 3 nitrogen and oxygen atoms in total. The molecule has 21 heavy (non-hydrogen) atoms. The Kier molecular flexibility index (Phi) is 4.96. The zero-order valence-corrected chi connectivity index (χ0v) is 12.8. The Labute approximate surface area is 124 Å². The first kappa shape index (κ1) is 16.3. The van der Waals surface area contributed by atoms with Gasteiger partial charge in [0.05, 0.1) is 17.8 Å². The number of aliphatic hydroxyl groups excluding tert-OH is 1. The summed E-state index contributed by atoms with van der Waals surface area (Å²) in [7, 11) is 0. The van der Waals surface area contributed by atoms with Gasteiger partial charge in [0.2, 0.25) is 0 Å². The molecule has 1 saturated heterocycles. The SMILES string of the molecule is CC1CN(CCC(O)c2cc(F)cc(F)c2)CC(C)(C)O1. The van der Waals surface area contributed by atoms with Gasteiger partial charge in [-0.1, -0.05) is 0 Å². The van der Waals surface area contributed by atoms with Gasteiger partial charge in [0.25, 0.3) is 0 Å². The maximum absolute atomic E-state index is 13.2. The van der Waals surface area contributed by atoms with E-state index in [1.165, 1.54) is 12.1 Å². The van der Waals surface area contributed by atoms with Crippen molar-refractivity contribution in [2.45, 2.75) is 45.0 Å². The van der Waals surface area contributed by atoms with Crippen molar-refractivity contribution >= 4 is 0 Å². The minimum atomic E-state index is -0.864. The zero-order chi connectivity index (χ0) is 15.6. The van der Waals surface area contributed by atoms with Gasteiger partial charge in [-0.15, -0.1) is 0 Å². The van der Waals surface area contributed by atoms with Gasteiger partial charge in [0.15, 0.2) is 0 Å². The lowest BCUT2D eigenvalue weighted by Gasteiger charge is -2.42. The Bertz CT molecular complexity index is 473. The lowest BCUT2D eigenvalue weighted by Crippen LogP contribution is -2.52. The highest BCUT2D eigenvalue weighted by Crippen LogP contribution is 2.23. The molecule has 2 rings (SSSR count). The van der Waals surface area contributed by atoms with E-state index in [1.54, 1.807) is 0 Å². The minimum absolute atomic E-state index is 0.137. The molecular weight excluding hydrogens is 276 g/mol. The third-order valence-electron chi connectivity index (χ3n) is 3.63. The normalized spacial score (nSPS) is 24.0. The van der Waals surface area contributed by atoms with E-state index in [2.05, 4.69) is 4.90 Å². The standard InChI is InChI=1S/C16H23F2NO2/c1-11-9-19(10-16(2,3)21-11)5-4-15(20)12-6-13(17)8-14(18)7-12/h6-8,11,15,20H,4-5,9-10H2,1-3H3. The van der Waals surface area contributed by atoms with Crippen molar-refractivity contribution in [1.29, 1.82) is 0 Å². The van der Waals surface area contributed by atoms with Crippen molar-refractivity contribution < 1.29 is 18.6 Å². The summed E-state index contributed by atoms with van der Waals surface area (Å²) < 4.78 is 32.1. The Hall–Kier alpha value is -1.04. The molecule has 0 saturated carbocycles. The molecular formula is C16H23F2NO2. The summed E-state index contributed by atoms with van der Waals surface area (Å²) >= 11 is 0. The number of aliphatic hydroxyl groups is 1. The molecule has 1 aliphatic rings. The van der Waals surface area contributed by atoms with Crippen molar-refractivity contribution in [2.24, 2.45) is 0 Å². The number of benzene rings is 1. The van der Waals surface area contributed by atoms with E-state index < -0.39 is 17.7 Å². The van der Waals surface area contributed by atoms with E-state index >= 15 is 0 Å². The Morgan fingerprint density at radius 3 is 2.52 bits per heavy atom. The molecule has 0 aromatic heterocycles. The summed E-state index contributed by atoms with van der Waals surface area (Å²) in [5.74, 6) is -1.32. The van der Waals surface area contributed by atoms with Crippen molar-refractivity contribution in [3.63, 3.8) is 0 Å². The Morgan fingerprint density at radius 2 is 1.95 bits per heavy atom. The van der Waals surface area contributed by atoms with Crippen LogP contribution in [0.25, 0.3) is 0 Å². The first-order valence-corrected chi connectivity index (χ1v) is 7.29. The molecule has 2 atom stereocenters. The van der Waals surface area contributed by atoms with Gasteiger partial charge in [-0.05, 0) is 44.9 Å². The second-order valence-electron chi connectivity index (χ2n) is 6.43. The predicted octanol–water partition coefficient (Wildman–Crippen LogP) is 2.89. The molecule has 2 unspecified atom stereocenters. The van der Waals surface area contributed by atoms with E-state index in [4.69, 9.17) is 4.74 Å². The molecule has 1 heterocycles. The molecule has 1 aromatic rings. The highest BCUT2D eigenvalue weighted by atomic mass is 19.1. The molecule has 118 valence electrons. The summed E-state index contributed by atoms with van der Waals surface area (Å²) in [6.45, 7) is 8.33. The van der Waals surface area contributed by atoms with Crippen LogP contribution >= 0.6 is 0 Å². The smallest absolute Gasteiger partial charge is 0.126 e. The van der Waals surface area contributed by atoms with Crippen LogP contribution in [0.1, 0.15) is 38.9 Å². The van der Waals surface area contributed by atoms with E-state index in [1.807, 2.05) is 20.8 Å². The first-order chi connectivity index (χ1) is 9.75. The fourth-order valence-corrected chi connectivity index (χ4v) is 3.00. The summed E-state index contributed by atoms with van der Waals surface area (Å²) in [5, 5.41) is 10.1. The van der Waals surface area contributed by atoms with Crippen LogP contribution in [0.3, 0.4) is 0 Å². The molecule has 1 aromatic carbocycles. The Balaban J connectivity index is 1.93. The van der Waals surface area contributed by atoms with Crippen LogP contribution in [-0.2, 0) is 4.74 Å². The lowest BCUT2D eigenvalue weighted by atomic mass is 10.0. The molecule has 1 N–H and O–H groups in total. The molecule has 0 radical (unpaired) electrons. The van der Waals surface area contributed by atoms with Crippen LogP contribution in [0, 0.1) is 11.6 Å². The lowest BCUT2D eigenvalue weighted by molar-refractivity contribution is -0.130. The van der Waals surface area contributed by atoms with Gasteiger partial charge in [0, 0.05) is 25.7 Å². The average molecular weight is 299 g/mol. The van der Waals surface area contributed by atoms with Crippen LogP contribution < -0.4 is 0 Å². The monoisotopic (exact) mass is 299 g/mol. The largest absolute Gasteiger partial charge is 0.388 e. The summed E-state index contributed by atoms with van der Waals surface area (Å²) in [6.07, 6.45) is -0.292. The fourth-order valence-electron chi connectivity index (χ4n) is 3.00. The number of ether oxygens (including phenoxy) is 1. The summed E-state index contributed by atoms with van der Waals surface area (Å²) in [4.78, 5) is 2.22. The quantitative estimate of drug-likeness (QED) is 0.928. The van der Waals surface area contributed by atoms with Crippen molar-refractivity contribution in [1.82, 2.24) is 4.90 Å². The van der Waals surface area contributed by atoms with Crippen LogP contribution in [-0.4, -0.2) is 41.3 Å². The van der Waals surface area contributed by atoms with Gasteiger partial charge in [0.1, 0.15) is 11.6 Å². The number of rotatable bonds is 4. The number of hydrogen-bond acceptors (Lipinski definition) is 3. The summed E-state index contributed by atoms with van der Waals surface area (Å²) in [5.41, 5.74) is 0.0705. The number of hydrogen-bond donors (Lipinski definition) is 1. The van der Waals surface area contributed by atoms with Crippen LogP contribution in [0.5, 0.6) is 0 Å². The zero-order valence-electron chi connectivity index (χ0n) is 12.8. The van der Waals surface area contributed by atoms with E-state index in [-0.39, 0.29) is 17.3 Å². The molecule has 0 bridgehead atoms. The van der Waals surface area contributed by atoms with Crippen molar-refractivity contribution in [2.75, 3.05) is 19.6 Å².